The molecule has 1 aromatic rings. The molecule has 6 heteroatoms. The van der Waals surface area contributed by atoms with E-state index in [0.29, 0.717) is 13.0 Å². The van der Waals surface area contributed by atoms with Crippen LogP contribution in [0.1, 0.15) is 25.8 Å². The standard InChI is InChI=1S/C15H21NO4S/c1-11-15(2,3)13-10-12(20-4)6-7-14(13)16(11)8-5-9-21(17,18)19/h6-7,10H,1,5,8-9H2,2-4H3,(H,17,18,19). The van der Waals surface area contributed by atoms with Crippen molar-refractivity contribution in [2.75, 3.05) is 24.3 Å². The fourth-order valence-electron chi connectivity index (χ4n) is 2.68. The molecular weight excluding hydrogens is 290 g/mol. The van der Waals surface area contributed by atoms with Gasteiger partial charge in [-0.05, 0) is 30.2 Å². The third-order valence-corrected chi connectivity index (χ3v) is 4.80. The molecule has 0 aromatic heterocycles. The van der Waals surface area contributed by atoms with Gasteiger partial charge < -0.3 is 9.64 Å². The van der Waals surface area contributed by atoms with Crippen LogP contribution in [0, 0.1) is 0 Å². The van der Waals surface area contributed by atoms with Crippen molar-refractivity contribution < 1.29 is 17.7 Å². The molecule has 21 heavy (non-hydrogen) atoms. The topological polar surface area (TPSA) is 66.8 Å². The predicted molar refractivity (Wildman–Crippen MR) is 83.5 cm³/mol. The lowest BCUT2D eigenvalue weighted by molar-refractivity contribution is 0.413. The van der Waals surface area contributed by atoms with Gasteiger partial charge in [-0.1, -0.05) is 20.4 Å². The van der Waals surface area contributed by atoms with Crippen LogP contribution in [0.4, 0.5) is 5.69 Å². The highest BCUT2D eigenvalue weighted by atomic mass is 32.2. The van der Waals surface area contributed by atoms with Gasteiger partial charge in [-0.3, -0.25) is 4.55 Å². The molecule has 1 aliphatic heterocycles. The van der Waals surface area contributed by atoms with Crippen molar-refractivity contribution >= 4 is 15.8 Å². The number of rotatable bonds is 5. The second kappa shape index (κ2) is 5.35. The lowest BCUT2D eigenvalue weighted by Crippen LogP contribution is -2.27. The van der Waals surface area contributed by atoms with Gasteiger partial charge in [0.25, 0.3) is 10.1 Å². The summed E-state index contributed by atoms with van der Waals surface area (Å²) < 4.78 is 35.8. The number of ether oxygens (including phenoxy) is 1. The van der Waals surface area contributed by atoms with Crippen LogP contribution >= 0.6 is 0 Å². The van der Waals surface area contributed by atoms with Crippen LogP contribution in [0.5, 0.6) is 5.75 Å². The van der Waals surface area contributed by atoms with Crippen LogP contribution < -0.4 is 9.64 Å². The summed E-state index contributed by atoms with van der Waals surface area (Å²) in [6, 6.07) is 5.83. The molecule has 0 unspecified atom stereocenters. The van der Waals surface area contributed by atoms with Crippen molar-refractivity contribution in [2.24, 2.45) is 0 Å². The summed E-state index contributed by atoms with van der Waals surface area (Å²) in [4.78, 5) is 2.01. The summed E-state index contributed by atoms with van der Waals surface area (Å²) >= 11 is 0. The SMILES string of the molecule is C=C1N(CCCS(=O)(=O)O)c2ccc(OC)cc2C1(C)C. The van der Waals surface area contributed by atoms with Crippen molar-refractivity contribution in [3.63, 3.8) is 0 Å². The Morgan fingerprint density at radius 2 is 2.05 bits per heavy atom. The highest BCUT2D eigenvalue weighted by Gasteiger charge is 2.38. The molecule has 0 fully saturated rings. The second-order valence-electron chi connectivity index (χ2n) is 5.75. The number of hydrogen-bond acceptors (Lipinski definition) is 4. The van der Waals surface area contributed by atoms with E-state index in [-0.39, 0.29) is 11.2 Å². The minimum Gasteiger partial charge on any atom is -0.497 e. The molecule has 0 aliphatic carbocycles. The van der Waals surface area contributed by atoms with Gasteiger partial charge in [0.15, 0.2) is 0 Å². The van der Waals surface area contributed by atoms with E-state index in [1.165, 1.54) is 0 Å². The Hall–Kier alpha value is -1.53. The number of allylic oxidation sites excluding steroid dienone is 1. The molecule has 1 N–H and O–H groups in total. The molecule has 0 saturated carbocycles. The Bertz CT molecular complexity index is 664. The maximum atomic E-state index is 10.8. The molecule has 0 bridgehead atoms. The molecule has 2 rings (SSSR count). The number of anilines is 1. The fraction of sp³-hybridized carbons (Fsp3) is 0.467. The number of nitrogens with zero attached hydrogens (tertiary/aromatic N) is 1. The van der Waals surface area contributed by atoms with E-state index in [4.69, 9.17) is 9.29 Å². The first-order valence-electron chi connectivity index (χ1n) is 6.77. The molecule has 1 heterocycles. The normalized spacial score (nSPS) is 17.0. The summed E-state index contributed by atoms with van der Waals surface area (Å²) in [6.45, 7) is 8.81. The van der Waals surface area contributed by atoms with Crippen LogP contribution in [0.3, 0.4) is 0 Å². The van der Waals surface area contributed by atoms with Gasteiger partial charge >= 0.3 is 0 Å². The third kappa shape index (κ3) is 3.06. The molecular formula is C15H21NO4S. The van der Waals surface area contributed by atoms with E-state index in [0.717, 1.165) is 22.7 Å². The summed E-state index contributed by atoms with van der Waals surface area (Å²) in [5, 5.41) is 0. The second-order valence-corrected chi connectivity index (χ2v) is 7.32. The Balaban J connectivity index is 2.28. The van der Waals surface area contributed by atoms with Crippen LogP contribution in [0.25, 0.3) is 0 Å². The number of benzene rings is 1. The molecule has 1 aromatic carbocycles. The van der Waals surface area contributed by atoms with Crippen LogP contribution in [-0.2, 0) is 15.5 Å². The van der Waals surface area contributed by atoms with Gasteiger partial charge in [-0.15, -0.1) is 0 Å². The molecule has 5 nitrogen and oxygen atoms in total. The Morgan fingerprint density at radius 1 is 1.38 bits per heavy atom. The van der Waals surface area contributed by atoms with Gasteiger partial charge in [0.1, 0.15) is 5.75 Å². The van der Waals surface area contributed by atoms with Crippen LogP contribution in [0.2, 0.25) is 0 Å². The highest BCUT2D eigenvalue weighted by molar-refractivity contribution is 7.85. The summed E-state index contributed by atoms with van der Waals surface area (Å²) in [6.07, 6.45) is 0.347. The molecule has 1 aliphatic rings. The molecule has 0 saturated heterocycles. The van der Waals surface area contributed by atoms with Crippen LogP contribution in [0.15, 0.2) is 30.5 Å². The van der Waals surface area contributed by atoms with Crippen molar-refractivity contribution in [3.8, 4) is 5.75 Å². The Morgan fingerprint density at radius 3 is 2.62 bits per heavy atom. The number of hydrogen-bond donors (Lipinski definition) is 1. The number of methoxy groups -OCH3 is 1. The quantitative estimate of drug-likeness (QED) is 0.847. The van der Waals surface area contributed by atoms with Crippen molar-refractivity contribution in [2.45, 2.75) is 25.7 Å². The van der Waals surface area contributed by atoms with Crippen molar-refractivity contribution in [3.05, 3.63) is 36.0 Å². The lowest BCUT2D eigenvalue weighted by Gasteiger charge is -2.25. The highest BCUT2D eigenvalue weighted by Crippen LogP contribution is 2.48. The third-order valence-electron chi connectivity index (χ3n) is 4.00. The Labute approximate surface area is 126 Å². The maximum Gasteiger partial charge on any atom is 0.264 e. The minimum absolute atomic E-state index is 0.234. The van der Waals surface area contributed by atoms with Gasteiger partial charge in [-0.2, -0.15) is 8.42 Å². The van der Waals surface area contributed by atoms with Crippen LogP contribution in [-0.4, -0.2) is 32.4 Å². The first-order valence-corrected chi connectivity index (χ1v) is 8.38. The van der Waals surface area contributed by atoms with Crippen molar-refractivity contribution in [1.29, 1.82) is 0 Å². The monoisotopic (exact) mass is 311 g/mol. The summed E-state index contributed by atoms with van der Waals surface area (Å²) in [5.74, 6) is 0.539. The van der Waals surface area contributed by atoms with Gasteiger partial charge in [0, 0.05) is 23.3 Å². The minimum atomic E-state index is -3.93. The van der Waals surface area contributed by atoms with Gasteiger partial charge in [0.05, 0.1) is 12.9 Å². The fourth-order valence-corrected chi connectivity index (χ4v) is 3.17. The zero-order chi connectivity index (χ0) is 15.8. The summed E-state index contributed by atoms with van der Waals surface area (Å²) in [5.41, 5.74) is 2.81. The van der Waals surface area contributed by atoms with E-state index in [1.807, 2.05) is 23.1 Å². The van der Waals surface area contributed by atoms with E-state index < -0.39 is 10.1 Å². The molecule has 0 amide bonds. The zero-order valence-electron chi connectivity index (χ0n) is 12.6. The zero-order valence-corrected chi connectivity index (χ0v) is 13.4. The first-order chi connectivity index (χ1) is 9.66. The Kier molecular flexibility index (Phi) is 4.04. The van der Waals surface area contributed by atoms with E-state index >= 15 is 0 Å². The van der Waals surface area contributed by atoms with E-state index in [1.54, 1.807) is 7.11 Å². The first kappa shape index (κ1) is 15.9. The predicted octanol–water partition coefficient (Wildman–Crippen LogP) is 2.58. The maximum absolute atomic E-state index is 10.8. The lowest BCUT2D eigenvalue weighted by atomic mass is 9.84. The average molecular weight is 311 g/mol. The van der Waals surface area contributed by atoms with E-state index in [9.17, 15) is 8.42 Å². The van der Waals surface area contributed by atoms with Gasteiger partial charge in [-0.25, -0.2) is 0 Å². The molecule has 0 spiro atoms. The molecule has 116 valence electrons. The van der Waals surface area contributed by atoms with E-state index in [2.05, 4.69) is 20.4 Å². The smallest absolute Gasteiger partial charge is 0.264 e. The molecule has 0 atom stereocenters. The van der Waals surface area contributed by atoms with Crippen molar-refractivity contribution in [1.82, 2.24) is 0 Å². The number of fused-ring (bicyclic) bond motifs is 1. The largest absolute Gasteiger partial charge is 0.497 e. The summed E-state index contributed by atoms with van der Waals surface area (Å²) in [7, 11) is -2.30. The molecule has 0 radical (unpaired) electrons. The van der Waals surface area contributed by atoms with Gasteiger partial charge in [0.2, 0.25) is 0 Å². The average Bonchev–Trinajstić information content (AvgIpc) is 2.58.